The summed E-state index contributed by atoms with van der Waals surface area (Å²) in [5.74, 6) is 0. The molecule has 0 bridgehead atoms. The van der Waals surface area contributed by atoms with E-state index in [1.165, 1.54) is 33.0 Å². The summed E-state index contributed by atoms with van der Waals surface area (Å²) in [5, 5.41) is 2.51. The van der Waals surface area contributed by atoms with Gasteiger partial charge in [0.25, 0.3) is 0 Å². The van der Waals surface area contributed by atoms with Crippen molar-refractivity contribution in [2.24, 2.45) is 0 Å². The molecule has 0 N–H and O–H groups in total. The lowest BCUT2D eigenvalue weighted by Crippen LogP contribution is -1.98. The lowest BCUT2D eigenvalue weighted by atomic mass is 9.94. The molecule has 1 heterocycles. The summed E-state index contributed by atoms with van der Waals surface area (Å²) < 4.78 is 0. The Labute approximate surface area is 149 Å². The molecule has 0 radical (unpaired) electrons. The van der Waals surface area contributed by atoms with Crippen molar-refractivity contribution in [1.29, 1.82) is 0 Å². The molecule has 122 valence electrons. The number of pyridine rings is 1. The van der Waals surface area contributed by atoms with Gasteiger partial charge in [-0.15, -0.1) is 0 Å². The minimum Gasteiger partial charge on any atom is -0.252 e. The van der Waals surface area contributed by atoms with E-state index in [0.717, 1.165) is 17.8 Å². The van der Waals surface area contributed by atoms with Gasteiger partial charge < -0.3 is 0 Å². The lowest BCUT2D eigenvalue weighted by Gasteiger charge is -2.15. The molecule has 1 heteroatoms. The fraction of sp³-hybridized carbons (Fsp3) is 0.125. The third kappa shape index (κ3) is 2.83. The highest BCUT2D eigenvalue weighted by atomic mass is 14.7. The zero-order valence-electron chi connectivity index (χ0n) is 14.7. The number of aryl methyl sites for hydroxylation is 2. The van der Waals surface area contributed by atoms with Crippen LogP contribution >= 0.6 is 0 Å². The van der Waals surface area contributed by atoms with Crippen LogP contribution < -0.4 is 0 Å². The van der Waals surface area contributed by atoms with Gasteiger partial charge >= 0.3 is 0 Å². The molecule has 0 fully saturated rings. The smallest absolute Gasteiger partial charge is 0.0714 e. The number of fused-ring (bicyclic) bond motifs is 1. The molecule has 0 atom stereocenters. The summed E-state index contributed by atoms with van der Waals surface area (Å²) in [6.45, 7) is 4.37. The Morgan fingerprint density at radius 2 is 1.52 bits per heavy atom. The molecule has 0 amide bonds. The highest BCUT2D eigenvalue weighted by molar-refractivity contribution is 5.96. The molecule has 0 saturated heterocycles. The van der Waals surface area contributed by atoms with Crippen LogP contribution in [0.1, 0.15) is 18.2 Å². The average molecular weight is 323 g/mol. The molecule has 0 aliphatic heterocycles. The summed E-state index contributed by atoms with van der Waals surface area (Å²) in [6, 6.07) is 27.8. The normalized spacial score (nSPS) is 11.0. The molecule has 4 rings (SSSR count). The van der Waals surface area contributed by atoms with Gasteiger partial charge in [0.15, 0.2) is 0 Å². The highest BCUT2D eigenvalue weighted by Crippen LogP contribution is 2.33. The van der Waals surface area contributed by atoms with E-state index in [2.05, 4.69) is 92.7 Å². The second kappa shape index (κ2) is 6.52. The molecule has 0 saturated carbocycles. The average Bonchev–Trinajstić information content (AvgIpc) is 2.67. The largest absolute Gasteiger partial charge is 0.252 e. The van der Waals surface area contributed by atoms with Crippen LogP contribution in [-0.2, 0) is 6.42 Å². The standard InChI is InChI=1S/C24H21N/c1-3-22-24(19-11-5-4-6-12-19)17(2)16-23(25-22)21-15-9-13-18-10-7-8-14-20(18)21/h4-16H,3H2,1-2H3. The first kappa shape index (κ1) is 15.6. The maximum absolute atomic E-state index is 5.05. The van der Waals surface area contributed by atoms with Crippen molar-refractivity contribution in [3.63, 3.8) is 0 Å². The third-order valence-electron chi connectivity index (χ3n) is 4.75. The van der Waals surface area contributed by atoms with Gasteiger partial charge in [-0.1, -0.05) is 79.7 Å². The lowest BCUT2D eigenvalue weighted by molar-refractivity contribution is 1.04. The van der Waals surface area contributed by atoms with Crippen LogP contribution in [0.4, 0.5) is 0 Å². The minimum absolute atomic E-state index is 0.920. The number of nitrogens with zero attached hydrogens (tertiary/aromatic N) is 1. The first-order chi connectivity index (χ1) is 12.3. The van der Waals surface area contributed by atoms with Crippen molar-refractivity contribution in [3.05, 3.63) is 90.1 Å². The van der Waals surface area contributed by atoms with E-state index in [0.29, 0.717) is 0 Å². The highest BCUT2D eigenvalue weighted by Gasteiger charge is 2.13. The monoisotopic (exact) mass is 323 g/mol. The second-order valence-electron chi connectivity index (χ2n) is 6.39. The van der Waals surface area contributed by atoms with Gasteiger partial charge in [0.1, 0.15) is 0 Å². The van der Waals surface area contributed by atoms with E-state index in [4.69, 9.17) is 4.98 Å². The summed E-state index contributed by atoms with van der Waals surface area (Å²) in [5.41, 5.74) is 7.22. The molecule has 25 heavy (non-hydrogen) atoms. The summed E-state index contributed by atoms with van der Waals surface area (Å²) >= 11 is 0. The number of hydrogen-bond donors (Lipinski definition) is 0. The quantitative estimate of drug-likeness (QED) is 0.423. The van der Waals surface area contributed by atoms with Crippen molar-refractivity contribution in [2.75, 3.05) is 0 Å². The Morgan fingerprint density at radius 1 is 0.800 bits per heavy atom. The molecular weight excluding hydrogens is 302 g/mol. The number of hydrogen-bond acceptors (Lipinski definition) is 1. The van der Waals surface area contributed by atoms with Crippen molar-refractivity contribution >= 4 is 10.8 Å². The molecule has 4 aromatic rings. The van der Waals surface area contributed by atoms with Gasteiger partial charge in [0, 0.05) is 16.8 Å². The molecule has 0 aliphatic carbocycles. The zero-order chi connectivity index (χ0) is 17.2. The van der Waals surface area contributed by atoms with Crippen LogP contribution in [0.2, 0.25) is 0 Å². The Bertz CT molecular complexity index is 1030. The second-order valence-corrected chi connectivity index (χ2v) is 6.39. The SMILES string of the molecule is CCc1nc(-c2cccc3ccccc23)cc(C)c1-c1ccccc1. The Kier molecular flexibility index (Phi) is 4.07. The fourth-order valence-corrected chi connectivity index (χ4v) is 3.58. The first-order valence-electron chi connectivity index (χ1n) is 8.82. The van der Waals surface area contributed by atoms with Gasteiger partial charge in [-0.25, -0.2) is 0 Å². The van der Waals surface area contributed by atoms with Gasteiger partial charge in [0.2, 0.25) is 0 Å². The van der Waals surface area contributed by atoms with Crippen molar-refractivity contribution in [3.8, 4) is 22.4 Å². The maximum atomic E-state index is 5.05. The predicted molar refractivity (Wildman–Crippen MR) is 107 cm³/mol. The first-order valence-corrected chi connectivity index (χ1v) is 8.82. The summed E-state index contributed by atoms with van der Waals surface area (Å²) in [4.78, 5) is 5.05. The minimum atomic E-state index is 0.920. The van der Waals surface area contributed by atoms with Crippen molar-refractivity contribution < 1.29 is 0 Å². The topological polar surface area (TPSA) is 12.9 Å². The van der Waals surface area contributed by atoms with E-state index in [-0.39, 0.29) is 0 Å². The molecule has 3 aromatic carbocycles. The van der Waals surface area contributed by atoms with Crippen molar-refractivity contribution in [1.82, 2.24) is 4.98 Å². The van der Waals surface area contributed by atoms with E-state index in [1.54, 1.807) is 0 Å². The molecule has 1 nitrogen and oxygen atoms in total. The molecule has 0 unspecified atom stereocenters. The molecule has 0 aliphatic rings. The van der Waals surface area contributed by atoms with Gasteiger partial charge in [0.05, 0.1) is 5.69 Å². The zero-order valence-corrected chi connectivity index (χ0v) is 14.7. The molecule has 0 spiro atoms. The van der Waals surface area contributed by atoms with E-state index < -0.39 is 0 Å². The van der Waals surface area contributed by atoms with E-state index in [1.807, 2.05) is 0 Å². The summed E-state index contributed by atoms with van der Waals surface area (Å²) in [6.07, 6.45) is 0.920. The predicted octanol–water partition coefficient (Wildman–Crippen LogP) is 6.44. The van der Waals surface area contributed by atoms with Crippen LogP contribution in [0.5, 0.6) is 0 Å². The Balaban J connectivity index is 1.94. The van der Waals surface area contributed by atoms with Crippen LogP contribution in [0.25, 0.3) is 33.2 Å². The fourth-order valence-electron chi connectivity index (χ4n) is 3.58. The maximum Gasteiger partial charge on any atom is 0.0714 e. The van der Waals surface area contributed by atoms with Gasteiger partial charge in [-0.2, -0.15) is 0 Å². The van der Waals surface area contributed by atoms with Crippen molar-refractivity contribution in [2.45, 2.75) is 20.3 Å². The van der Waals surface area contributed by atoms with E-state index >= 15 is 0 Å². The number of benzene rings is 3. The van der Waals surface area contributed by atoms with Crippen LogP contribution in [0.3, 0.4) is 0 Å². The number of rotatable bonds is 3. The van der Waals surface area contributed by atoms with Crippen LogP contribution in [-0.4, -0.2) is 4.98 Å². The number of aromatic nitrogens is 1. The van der Waals surface area contributed by atoms with Crippen LogP contribution in [0.15, 0.2) is 78.9 Å². The van der Waals surface area contributed by atoms with E-state index in [9.17, 15) is 0 Å². The Morgan fingerprint density at radius 3 is 2.32 bits per heavy atom. The van der Waals surface area contributed by atoms with Gasteiger partial charge in [-0.05, 0) is 41.3 Å². The molecular formula is C24H21N. The van der Waals surface area contributed by atoms with Crippen LogP contribution in [0, 0.1) is 6.92 Å². The Hall–Kier alpha value is -2.93. The summed E-state index contributed by atoms with van der Waals surface area (Å²) in [7, 11) is 0. The third-order valence-corrected chi connectivity index (χ3v) is 4.75. The molecule has 1 aromatic heterocycles. The van der Waals surface area contributed by atoms with Gasteiger partial charge in [-0.3, -0.25) is 4.98 Å².